The number of nitrogens with two attached hydrogens (primary N) is 1. The molecule has 1 aliphatic heterocycles. The van der Waals surface area contributed by atoms with Gasteiger partial charge in [-0.25, -0.2) is 15.8 Å². The van der Waals surface area contributed by atoms with Gasteiger partial charge in [-0.3, -0.25) is 19.8 Å². The molecule has 0 atom stereocenters. The van der Waals surface area contributed by atoms with Crippen LogP contribution in [0, 0.1) is 11.8 Å². The summed E-state index contributed by atoms with van der Waals surface area (Å²) in [7, 11) is 1.70. The van der Waals surface area contributed by atoms with Gasteiger partial charge >= 0.3 is 5.97 Å². The highest BCUT2D eigenvalue weighted by atomic mass is 35.5. The van der Waals surface area contributed by atoms with Gasteiger partial charge in [0.25, 0.3) is 11.8 Å². The number of nitrogen functional groups attached to an aromatic ring is 1. The van der Waals surface area contributed by atoms with E-state index in [9.17, 15) is 14.4 Å². The highest BCUT2D eigenvalue weighted by Gasteiger charge is 2.19. The number of carboxylic acid groups (broad SMARTS) is 1. The predicted molar refractivity (Wildman–Crippen MR) is 169 cm³/mol. The minimum Gasteiger partial charge on any atom is -0.481 e. The lowest BCUT2D eigenvalue weighted by molar-refractivity contribution is -0.133. The molecular formula is C31H27ClN6O5S. The van der Waals surface area contributed by atoms with Crippen molar-refractivity contribution in [3.05, 3.63) is 88.1 Å². The van der Waals surface area contributed by atoms with E-state index in [0.29, 0.717) is 70.4 Å². The second-order valence-corrected chi connectivity index (χ2v) is 11.2. The monoisotopic (exact) mass is 630 g/mol. The Morgan fingerprint density at radius 2 is 1.86 bits per heavy atom. The Bertz CT molecular complexity index is 1800. The van der Waals surface area contributed by atoms with Crippen LogP contribution in [0.3, 0.4) is 0 Å². The third-order valence-electron chi connectivity index (χ3n) is 6.80. The number of amides is 2. The summed E-state index contributed by atoms with van der Waals surface area (Å²) in [6.07, 6.45) is 1.51. The molecule has 0 radical (unpaired) electrons. The molecule has 2 aromatic carbocycles. The summed E-state index contributed by atoms with van der Waals surface area (Å²) in [5.41, 5.74) is 6.03. The zero-order valence-electron chi connectivity index (χ0n) is 23.5. The number of hydrogen-bond donors (Lipinski definition) is 3. The molecule has 1 saturated heterocycles. The van der Waals surface area contributed by atoms with Crippen LogP contribution in [0.5, 0.6) is 0 Å². The molecule has 2 amide bonds. The van der Waals surface area contributed by atoms with Gasteiger partial charge in [0.15, 0.2) is 0 Å². The second kappa shape index (κ2) is 13.7. The quantitative estimate of drug-likeness (QED) is 0.0908. The fourth-order valence-corrected chi connectivity index (χ4v) is 5.24. The molecule has 0 bridgehead atoms. The Labute approximate surface area is 262 Å². The maximum atomic E-state index is 12.8. The number of halogens is 1. The van der Waals surface area contributed by atoms with Crippen LogP contribution in [0.1, 0.15) is 31.8 Å². The lowest BCUT2D eigenvalue weighted by atomic mass is 10.0. The SMILES string of the molecule is CN(SCC(=O)O)c1cc2nc(-c3ccc(C#Cc4ccc(C(=O)N5CCOCC5)cc4Cl)cc3)cc(C(=O)NN)c2cn1. The standard InChI is InChI=1S/C31H27ClN6O5S/c1-37(44-18-29(39)40)28-16-27-24(17-34-28)23(30(41)36-33)15-26(35-27)21-6-3-19(4-7-21)2-5-20-8-9-22(14-25(20)32)31(42)38-10-12-43-13-11-38/h3-4,6-9,14-17H,10-13,18,33H2,1H3,(H,36,41)(H,39,40). The summed E-state index contributed by atoms with van der Waals surface area (Å²) in [6.45, 7) is 2.14. The van der Waals surface area contributed by atoms with Crippen molar-refractivity contribution in [3.63, 3.8) is 0 Å². The van der Waals surface area contributed by atoms with Crippen LogP contribution in [-0.4, -0.2) is 76.9 Å². The third kappa shape index (κ3) is 7.10. The number of pyridine rings is 2. The van der Waals surface area contributed by atoms with E-state index < -0.39 is 11.9 Å². The summed E-state index contributed by atoms with van der Waals surface area (Å²) in [5, 5.41) is 9.88. The predicted octanol–water partition coefficient (Wildman–Crippen LogP) is 3.59. The lowest BCUT2D eigenvalue weighted by Gasteiger charge is -2.26. The van der Waals surface area contributed by atoms with Crippen molar-refractivity contribution in [3.8, 4) is 23.1 Å². The van der Waals surface area contributed by atoms with E-state index >= 15 is 0 Å². The smallest absolute Gasteiger partial charge is 0.315 e. The van der Waals surface area contributed by atoms with E-state index in [1.807, 2.05) is 24.3 Å². The molecule has 0 spiro atoms. The number of hydrazine groups is 1. The maximum absolute atomic E-state index is 12.8. The van der Waals surface area contributed by atoms with Gasteiger partial charge in [0, 0.05) is 60.0 Å². The average Bonchev–Trinajstić information content (AvgIpc) is 3.05. The molecule has 44 heavy (non-hydrogen) atoms. The molecule has 11 nitrogen and oxygen atoms in total. The Morgan fingerprint density at radius 1 is 1.11 bits per heavy atom. The number of benzene rings is 2. The summed E-state index contributed by atoms with van der Waals surface area (Å²) in [5.74, 6) is 10.4. The first kappa shape index (κ1) is 30.8. The van der Waals surface area contributed by atoms with Crippen molar-refractivity contribution in [2.75, 3.05) is 43.4 Å². The Kier molecular flexibility index (Phi) is 9.62. The zero-order valence-corrected chi connectivity index (χ0v) is 25.1. The van der Waals surface area contributed by atoms with Gasteiger partial charge in [-0.05, 0) is 48.3 Å². The molecule has 4 N–H and O–H groups in total. The number of anilines is 1. The maximum Gasteiger partial charge on any atom is 0.315 e. The molecular weight excluding hydrogens is 604 g/mol. The van der Waals surface area contributed by atoms with Crippen LogP contribution in [0.25, 0.3) is 22.2 Å². The number of aromatic nitrogens is 2. The van der Waals surface area contributed by atoms with Crippen LogP contribution < -0.4 is 15.6 Å². The molecule has 5 rings (SSSR count). The Hall–Kier alpha value is -4.67. The number of morpholine rings is 1. The van der Waals surface area contributed by atoms with Crippen LogP contribution in [-0.2, 0) is 9.53 Å². The van der Waals surface area contributed by atoms with E-state index in [0.717, 1.165) is 23.1 Å². The normalized spacial score (nSPS) is 12.8. The van der Waals surface area contributed by atoms with Crippen molar-refractivity contribution < 1.29 is 24.2 Å². The number of ether oxygens (including phenoxy) is 1. The number of hydrogen-bond acceptors (Lipinski definition) is 9. The number of fused-ring (bicyclic) bond motifs is 1. The Morgan fingerprint density at radius 3 is 2.55 bits per heavy atom. The van der Waals surface area contributed by atoms with Crippen molar-refractivity contribution in [2.24, 2.45) is 5.84 Å². The fraction of sp³-hybridized carbons (Fsp3) is 0.194. The van der Waals surface area contributed by atoms with Crippen molar-refractivity contribution in [1.82, 2.24) is 20.3 Å². The van der Waals surface area contributed by atoms with Gasteiger partial charge in [-0.15, -0.1) is 0 Å². The first-order valence-electron chi connectivity index (χ1n) is 13.4. The summed E-state index contributed by atoms with van der Waals surface area (Å²) < 4.78 is 6.94. The molecule has 0 aliphatic carbocycles. The van der Waals surface area contributed by atoms with Gasteiger partial charge in [0.05, 0.1) is 35.0 Å². The number of carboxylic acids is 1. The van der Waals surface area contributed by atoms with Crippen molar-refractivity contribution >= 4 is 58.1 Å². The Balaban J connectivity index is 1.38. The first-order valence-corrected chi connectivity index (χ1v) is 14.7. The number of nitrogens with zero attached hydrogens (tertiary/aromatic N) is 4. The van der Waals surface area contributed by atoms with Crippen LogP contribution in [0.2, 0.25) is 5.02 Å². The minimum atomic E-state index is -0.949. The third-order valence-corrected chi connectivity index (χ3v) is 8.06. The molecule has 3 heterocycles. The number of rotatable bonds is 7. The molecule has 224 valence electrons. The number of nitrogens with one attached hydrogen (secondary N) is 1. The van der Waals surface area contributed by atoms with E-state index in [1.54, 1.807) is 46.6 Å². The summed E-state index contributed by atoms with van der Waals surface area (Å²) >= 11 is 7.54. The van der Waals surface area contributed by atoms with Gasteiger partial charge in [-0.2, -0.15) is 0 Å². The summed E-state index contributed by atoms with van der Waals surface area (Å²) in [4.78, 5) is 47.2. The molecule has 4 aromatic rings. The largest absolute Gasteiger partial charge is 0.481 e. The molecule has 0 unspecified atom stereocenters. The van der Waals surface area contributed by atoms with Crippen molar-refractivity contribution in [2.45, 2.75) is 0 Å². The van der Waals surface area contributed by atoms with Gasteiger partial charge in [-0.1, -0.05) is 35.6 Å². The van der Waals surface area contributed by atoms with Crippen LogP contribution in [0.4, 0.5) is 5.82 Å². The van der Waals surface area contributed by atoms with Crippen LogP contribution >= 0.6 is 23.5 Å². The fourth-order valence-electron chi connectivity index (χ4n) is 4.48. The van der Waals surface area contributed by atoms with Crippen molar-refractivity contribution in [1.29, 1.82) is 0 Å². The van der Waals surface area contributed by atoms with E-state index in [1.165, 1.54) is 6.20 Å². The van der Waals surface area contributed by atoms with Crippen LogP contribution in [0.15, 0.2) is 60.8 Å². The van der Waals surface area contributed by atoms with Gasteiger partial charge < -0.3 is 19.0 Å². The number of aliphatic carboxylic acids is 1. The molecule has 13 heteroatoms. The zero-order chi connectivity index (χ0) is 31.2. The molecule has 1 aliphatic rings. The highest BCUT2D eigenvalue weighted by molar-refractivity contribution is 8.01. The van der Waals surface area contributed by atoms with E-state index in [4.69, 9.17) is 32.3 Å². The van der Waals surface area contributed by atoms with E-state index in [-0.39, 0.29) is 11.7 Å². The van der Waals surface area contributed by atoms with Gasteiger partial charge in [0.2, 0.25) is 0 Å². The minimum absolute atomic E-state index is 0.0868. The molecule has 0 saturated carbocycles. The van der Waals surface area contributed by atoms with E-state index in [2.05, 4.69) is 22.3 Å². The first-order chi connectivity index (χ1) is 21.2. The van der Waals surface area contributed by atoms with Gasteiger partial charge in [0.1, 0.15) is 11.6 Å². The molecule has 1 fully saturated rings. The average molecular weight is 631 g/mol. The topological polar surface area (TPSA) is 151 Å². The highest BCUT2D eigenvalue weighted by Crippen LogP contribution is 2.28. The second-order valence-electron chi connectivity index (χ2n) is 9.68. The number of carbonyl (C=O) groups is 3. The lowest BCUT2D eigenvalue weighted by Crippen LogP contribution is -2.40. The number of carbonyl (C=O) groups excluding carboxylic acids is 2. The summed E-state index contributed by atoms with van der Waals surface area (Å²) in [6, 6.07) is 15.7. The molecule has 2 aromatic heterocycles.